The molecule has 8 heteroatoms. The molecule has 0 unspecified atom stereocenters. The Morgan fingerprint density at radius 2 is 1.66 bits per heavy atom. The topological polar surface area (TPSA) is 92.6 Å². The molecule has 5 rings (SSSR count). The lowest BCUT2D eigenvalue weighted by Crippen LogP contribution is -2.63. The summed E-state index contributed by atoms with van der Waals surface area (Å²) in [4.78, 5) is 57.6. The fraction of sp³-hybridized carbons (Fsp3) is 0.381. The van der Waals surface area contributed by atoms with Gasteiger partial charge in [0.25, 0.3) is 5.56 Å². The van der Waals surface area contributed by atoms with E-state index in [4.69, 9.17) is 0 Å². The van der Waals surface area contributed by atoms with Crippen molar-refractivity contribution in [1.29, 1.82) is 0 Å². The number of rotatable bonds is 3. The average Bonchev–Trinajstić information content (AvgIpc) is 2.95. The summed E-state index contributed by atoms with van der Waals surface area (Å²) in [5.74, 6) is -0.953. The summed E-state index contributed by atoms with van der Waals surface area (Å²) in [5.41, 5.74) is 0.328. The number of amides is 3. The molecule has 2 fully saturated rings. The van der Waals surface area contributed by atoms with Crippen LogP contribution in [0.1, 0.15) is 12.8 Å². The number of carbonyl (C=O) groups is 3. The van der Waals surface area contributed by atoms with Crippen molar-refractivity contribution in [2.24, 2.45) is 11.8 Å². The molecule has 1 aromatic carbocycles. The summed E-state index contributed by atoms with van der Waals surface area (Å²) < 4.78 is 1.30. The average molecular weight is 392 g/mol. The Bertz CT molecular complexity index is 1090. The number of hydrogen-bond acceptors (Lipinski definition) is 5. The predicted molar refractivity (Wildman–Crippen MR) is 104 cm³/mol. The van der Waals surface area contributed by atoms with Gasteiger partial charge in [0.15, 0.2) is 0 Å². The van der Waals surface area contributed by atoms with Crippen molar-refractivity contribution in [3.63, 3.8) is 0 Å². The first-order valence-corrected chi connectivity index (χ1v) is 9.78. The third kappa shape index (κ3) is 2.78. The number of carbonyl (C=O) groups excluding carboxylic acids is 3. The van der Waals surface area contributed by atoms with Gasteiger partial charge >= 0.3 is 0 Å². The molecule has 29 heavy (non-hydrogen) atoms. The summed E-state index contributed by atoms with van der Waals surface area (Å²) in [6.45, 7) is 0.526. The number of nitrogens with zero attached hydrogens (tertiary/aromatic N) is 4. The molecule has 0 bridgehead atoms. The number of para-hydroxylation sites is 1. The first kappa shape index (κ1) is 17.8. The van der Waals surface area contributed by atoms with Crippen LogP contribution in [0.2, 0.25) is 0 Å². The summed E-state index contributed by atoms with van der Waals surface area (Å²) in [7, 11) is 0. The quantitative estimate of drug-likeness (QED) is 0.562. The third-order valence-electron chi connectivity index (χ3n) is 6.16. The molecule has 0 spiro atoms. The molecule has 3 heterocycles. The molecular weight excluding hydrogens is 372 g/mol. The molecule has 3 aliphatic rings. The Hall–Kier alpha value is -3.29. The van der Waals surface area contributed by atoms with Crippen molar-refractivity contribution in [2.45, 2.75) is 25.4 Å². The highest BCUT2D eigenvalue weighted by molar-refractivity contribution is 6.06. The zero-order valence-electron chi connectivity index (χ0n) is 15.7. The van der Waals surface area contributed by atoms with Gasteiger partial charge in [-0.05, 0) is 25.0 Å². The van der Waals surface area contributed by atoms with E-state index in [1.807, 2.05) is 12.2 Å². The lowest BCUT2D eigenvalue weighted by molar-refractivity contribution is -0.153. The Kier molecular flexibility index (Phi) is 4.08. The number of aromatic nitrogens is 2. The van der Waals surface area contributed by atoms with Gasteiger partial charge in [-0.3, -0.25) is 28.6 Å². The van der Waals surface area contributed by atoms with Crippen molar-refractivity contribution in [3.05, 3.63) is 53.1 Å². The highest BCUT2D eigenvalue weighted by atomic mass is 16.2. The first-order valence-electron chi connectivity index (χ1n) is 9.78. The molecule has 2 saturated heterocycles. The molecular formula is C21H20N4O4. The normalized spacial score (nSPS) is 24.1. The summed E-state index contributed by atoms with van der Waals surface area (Å²) in [5, 5.41) is 0.466. The Morgan fingerprint density at radius 1 is 1.00 bits per heavy atom. The van der Waals surface area contributed by atoms with Gasteiger partial charge in [0.05, 0.1) is 35.1 Å². The van der Waals surface area contributed by atoms with E-state index in [1.54, 1.807) is 29.2 Å². The predicted octanol–water partition coefficient (Wildman–Crippen LogP) is 0.558. The van der Waals surface area contributed by atoms with E-state index in [9.17, 15) is 19.2 Å². The summed E-state index contributed by atoms with van der Waals surface area (Å²) in [6.07, 6.45) is 6.52. The maximum Gasteiger partial charge on any atom is 0.261 e. The molecule has 3 amide bonds. The number of imide groups is 1. The van der Waals surface area contributed by atoms with Gasteiger partial charge in [0.1, 0.15) is 6.54 Å². The molecule has 1 aliphatic carbocycles. The molecule has 2 atom stereocenters. The SMILES string of the molecule is O=C(Cn1cnc2ccccc2c1=O)N1CC(N2C(=O)[C@H]3CC=CC[C@@H]3C2=O)C1. The molecule has 2 aromatic rings. The zero-order chi connectivity index (χ0) is 20.1. The first-order chi connectivity index (χ1) is 14.0. The second kappa shape index (κ2) is 6.65. The summed E-state index contributed by atoms with van der Waals surface area (Å²) >= 11 is 0. The fourth-order valence-electron chi connectivity index (χ4n) is 4.47. The fourth-order valence-corrected chi connectivity index (χ4v) is 4.47. The summed E-state index contributed by atoms with van der Waals surface area (Å²) in [6, 6.07) is 6.73. The van der Waals surface area contributed by atoms with Gasteiger partial charge in [0, 0.05) is 13.1 Å². The smallest absolute Gasteiger partial charge is 0.261 e. The van der Waals surface area contributed by atoms with Crippen molar-refractivity contribution in [3.8, 4) is 0 Å². The zero-order valence-corrected chi connectivity index (χ0v) is 15.7. The van der Waals surface area contributed by atoms with Crippen LogP contribution >= 0.6 is 0 Å². The second-order valence-electron chi connectivity index (χ2n) is 7.85. The molecule has 148 valence electrons. The molecule has 0 saturated carbocycles. The van der Waals surface area contributed by atoms with Crippen LogP contribution in [0.25, 0.3) is 10.9 Å². The van der Waals surface area contributed by atoms with E-state index in [2.05, 4.69) is 4.98 Å². The minimum Gasteiger partial charge on any atom is -0.337 e. The van der Waals surface area contributed by atoms with Crippen LogP contribution in [0.4, 0.5) is 0 Å². The van der Waals surface area contributed by atoms with Crippen LogP contribution in [0, 0.1) is 11.8 Å². The van der Waals surface area contributed by atoms with Crippen LogP contribution < -0.4 is 5.56 Å². The Labute approximate surface area is 166 Å². The molecule has 2 aliphatic heterocycles. The number of hydrogen-bond donors (Lipinski definition) is 0. The highest BCUT2D eigenvalue weighted by Crippen LogP contribution is 2.37. The molecule has 1 aromatic heterocycles. The van der Waals surface area contributed by atoms with Crippen molar-refractivity contribution in [1.82, 2.24) is 19.4 Å². The Balaban J connectivity index is 1.25. The van der Waals surface area contributed by atoms with Crippen molar-refractivity contribution in [2.75, 3.05) is 13.1 Å². The van der Waals surface area contributed by atoms with E-state index in [-0.39, 0.29) is 47.7 Å². The monoisotopic (exact) mass is 392 g/mol. The number of allylic oxidation sites excluding steroid dienone is 2. The molecule has 8 nitrogen and oxygen atoms in total. The minimum absolute atomic E-state index is 0.111. The van der Waals surface area contributed by atoms with Gasteiger partial charge < -0.3 is 4.90 Å². The largest absolute Gasteiger partial charge is 0.337 e. The van der Waals surface area contributed by atoms with E-state index < -0.39 is 0 Å². The number of likely N-dealkylation sites (tertiary alicyclic amines) is 2. The van der Waals surface area contributed by atoms with Gasteiger partial charge in [-0.2, -0.15) is 0 Å². The third-order valence-corrected chi connectivity index (χ3v) is 6.16. The van der Waals surface area contributed by atoms with E-state index >= 15 is 0 Å². The van der Waals surface area contributed by atoms with E-state index in [1.165, 1.54) is 15.8 Å². The Morgan fingerprint density at radius 3 is 2.34 bits per heavy atom. The van der Waals surface area contributed by atoms with Crippen LogP contribution in [0.5, 0.6) is 0 Å². The lowest BCUT2D eigenvalue weighted by Gasteiger charge is -2.43. The lowest BCUT2D eigenvalue weighted by atomic mass is 9.85. The standard InChI is InChI=1S/C21H20N4O4/c26-18(11-24-12-22-17-8-4-3-7-16(17)19(24)27)23-9-13(10-23)25-20(28)14-5-1-2-6-15(14)21(25)29/h1-4,7-8,12-15H,5-6,9-11H2/t14-,15-/m0/s1. The van der Waals surface area contributed by atoms with Crippen molar-refractivity contribution >= 4 is 28.6 Å². The van der Waals surface area contributed by atoms with Gasteiger partial charge in [0.2, 0.25) is 17.7 Å². The van der Waals surface area contributed by atoms with Crippen LogP contribution in [0.15, 0.2) is 47.5 Å². The van der Waals surface area contributed by atoms with Crippen LogP contribution in [0.3, 0.4) is 0 Å². The van der Waals surface area contributed by atoms with E-state index in [0.29, 0.717) is 36.8 Å². The number of benzene rings is 1. The number of fused-ring (bicyclic) bond motifs is 2. The van der Waals surface area contributed by atoms with Crippen LogP contribution in [-0.2, 0) is 20.9 Å². The van der Waals surface area contributed by atoms with Gasteiger partial charge in [-0.25, -0.2) is 4.98 Å². The highest BCUT2D eigenvalue weighted by Gasteiger charge is 2.52. The van der Waals surface area contributed by atoms with E-state index in [0.717, 1.165) is 0 Å². The maximum absolute atomic E-state index is 12.6. The van der Waals surface area contributed by atoms with Gasteiger partial charge in [-0.15, -0.1) is 0 Å². The second-order valence-corrected chi connectivity index (χ2v) is 7.85. The van der Waals surface area contributed by atoms with Crippen LogP contribution in [-0.4, -0.2) is 56.2 Å². The molecule has 0 radical (unpaired) electrons. The van der Waals surface area contributed by atoms with Crippen molar-refractivity contribution < 1.29 is 14.4 Å². The van der Waals surface area contributed by atoms with Gasteiger partial charge in [-0.1, -0.05) is 24.3 Å². The molecule has 0 N–H and O–H groups in total. The minimum atomic E-state index is -0.268. The maximum atomic E-state index is 12.6.